The van der Waals surface area contributed by atoms with Gasteiger partial charge in [0.05, 0.1) is 6.20 Å². The zero-order valence-corrected chi connectivity index (χ0v) is 10.9. The molecule has 0 aliphatic carbocycles. The maximum absolute atomic E-state index is 4.30. The number of hydrogen-bond acceptors (Lipinski definition) is 2. The lowest BCUT2D eigenvalue weighted by Gasteiger charge is -2.16. The molecule has 0 saturated carbocycles. The van der Waals surface area contributed by atoms with Crippen LogP contribution in [0.1, 0.15) is 45.6 Å². The van der Waals surface area contributed by atoms with Crippen LogP contribution in [0.15, 0.2) is 12.4 Å². The smallest absolute Gasteiger partial charge is 0.0521 e. The molecule has 1 unspecified atom stereocenters. The van der Waals surface area contributed by atoms with E-state index in [0.717, 1.165) is 19.5 Å². The minimum Gasteiger partial charge on any atom is -0.314 e. The predicted octanol–water partition coefficient (Wildman–Crippen LogP) is 2.61. The van der Waals surface area contributed by atoms with Gasteiger partial charge in [-0.2, -0.15) is 5.10 Å². The average molecular weight is 223 g/mol. The fourth-order valence-corrected chi connectivity index (χ4v) is 2.03. The molecule has 0 bridgehead atoms. The van der Waals surface area contributed by atoms with E-state index in [-0.39, 0.29) is 0 Å². The van der Waals surface area contributed by atoms with Crippen LogP contribution in [-0.2, 0) is 13.0 Å². The second-order valence-corrected chi connectivity index (χ2v) is 4.29. The molecule has 1 N–H and O–H groups in total. The van der Waals surface area contributed by atoms with Crippen LogP contribution < -0.4 is 5.32 Å². The highest BCUT2D eigenvalue weighted by Gasteiger charge is 2.06. The van der Waals surface area contributed by atoms with Gasteiger partial charge in [-0.1, -0.05) is 20.3 Å². The van der Waals surface area contributed by atoms with E-state index in [0.29, 0.717) is 6.04 Å². The first-order valence-electron chi connectivity index (χ1n) is 6.54. The minimum atomic E-state index is 0.667. The van der Waals surface area contributed by atoms with E-state index in [1.165, 1.54) is 24.8 Å². The first-order chi connectivity index (χ1) is 7.80. The number of nitrogens with zero attached hydrogens (tertiary/aromatic N) is 2. The zero-order chi connectivity index (χ0) is 11.8. The quantitative estimate of drug-likeness (QED) is 0.734. The van der Waals surface area contributed by atoms with Crippen molar-refractivity contribution in [3.8, 4) is 0 Å². The number of nitrogens with one attached hydrogen (secondary N) is 1. The van der Waals surface area contributed by atoms with E-state index in [1.54, 1.807) is 0 Å². The summed E-state index contributed by atoms with van der Waals surface area (Å²) in [6.45, 7) is 8.58. The number of hydrogen-bond donors (Lipinski definition) is 1. The molecule has 1 atom stereocenters. The van der Waals surface area contributed by atoms with Crippen molar-refractivity contribution in [2.75, 3.05) is 6.54 Å². The van der Waals surface area contributed by atoms with Crippen LogP contribution in [0.3, 0.4) is 0 Å². The van der Waals surface area contributed by atoms with Crippen LogP contribution in [0.25, 0.3) is 0 Å². The Morgan fingerprint density at radius 2 is 2.12 bits per heavy atom. The van der Waals surface area contributed by atoms with Gasteiger partial charge in [0.15, 0.2) is 0 Å². The first-order valence-corrected chi connectivity index (χ1v) is 6.54. The molecule has 92 valence electrons. The summed E-state index contributed by atoms with van der Waals surface area (Å²) in [6.07, 6.45) is 9.05. The Bertz CT molecular complexity index is 274. The highest BCUT2D eigenvalue weighted by molar-refractivity contribution is 5.04. The lowest BCUT2D eigenvalue weighted by molar-refractivity contribution is 0.459. The van der Waals surface area contributed by atoms with Crippen molar-refractivity contribution in [3.05, 3.63) is 18.0 Å². The summed E-state index contributed by atoms with van der Waals surface area (Å²) in [4.78, 5) is 0. The molecule has 0 fully saturated rings. The summed E-state index contributed by atoms with van der Waals surface area (Å²) in [5.74, 6) is 0. The van der Waals surface area contributed by atoms with Gasteiger partial charge >= 0.3 is 0 Å². The van der Waals surface area contributed by atoms with Crippen molar-refractivity contribution in [2.24, 2.45) is 0 Å². The van der Waals surface area contributed by atoms with E-state index in [1.807, 2.05) is 10.9 Å². The summed E-state index contributed by atoms with van der Waals surface area (Å²) in [5, 5.41) is 7.85. The zero-order valence-electron chi connectivity index (χ0n) is 10.9. The summed E-state index contributed by atoms with van der Waals surface area (Å²) in [7, 11) is 0. The summed E-state index contributed by atoms with van der Waals surface area (Å²) >= 11 is 0. The maximum Gasteiger partial charge on any atom is 0.0521 e. The Kier molecular flexibility index (Phi) is 6.16. The molecule has 0 saturated heterocycles. The van der Waals surface area contributed by atoms with Crippen molar-refractivity contribution in [3.63, 3.8) is 0 Å². The fraction of sp³-hybridized carbons (Fsp3) is 0.769. The Balaban J connectivity index is 2.35. The van der Waals surface area contributed by atoms with Gasteiger partial charge in [0.2, 0.25) is 0 Å². The molecule has 1 heterocycles. The molecule has 1 aromatic rings. The van der Waals surface area contributed by atoms with E-state index >= 15 is 0 Å². The normalized spacial score (nSPS) is 12.9. The van der Waals surface area contributed by atoms with Gasteiger partial charge in [-0.05, 0) is 38.3 Å². The molecule has 0 aliphatic heterocycles. The Morgan fingerprint density at radius 1 is 1.31 bits per heavy atom. The predicted molar refractivity (Wildman–Crippen MR) is 68.6 cm³/mol. The third kappa shape index (κ3) is 4.35. The number of aromatic nitrogens is 2. The standard InChI is InChI=1S/C13H25N3/c1-4-7-13(14-5-2)9-8-12-10-15-16(6-3)11-12/h10-11,13-14H,4-9H2,1-3H3. The average Bonchev–Trinajstić information content (AvgIpc) is 2.74. The Hall–Kier alpha value is -0.830. The van der Waals surface area contributed by atoms with Crippen molar-refractivity contribution in [1.29, 1.82) is 0 Å². The second kappa shape index (κ2) is 7.44. The third-order valence-electron chi connectivity index (χ3n) is 2.92. The molecule has 1 aromatic heterocycles. The molecule has 0 aliphatic rings. The molecule has 0 amide bonds. The third-order valence-corrected chi connectivity index (χ3v) is 2.92. The molecule has 16 heavy (non-hydrogen) atoms. The molecule has 1 rings (SSSR count). The van der Waals surface area contributed by atoms with Crippen LogP contribution in [0.5, 0.6) is 0 Å². The minimum absolute atomic E-state index is 0.667. The topological polar surface area (TPSA) is 29.9 Å². The molecular formula is C13H25N3. The lowest BCUT2D eigenvalue weighted by Crippen LogP contribution is -2.29. The van der Waals surface area contributed by atoms with Gasteiger partial charge < -0.3 is 5.32 Å². The molecule has 0 aromatic carbocycles. The van der Waals surface area contributed by atoms with Crippen LogP contribution in [0.4, 0.5) is 0 Å². The van der Waals surface area contributed by atoms with Crippen LogP contribution >= 0.6 is 0 Å². The Morgan fingerprint density at radius 3 is 2.69 bits per heavy atom. The van der Waals surface area contributed by atoms with Gasteiger partial charge in [0, 0.05) is 18.8 Å². The highest BCUT2D eigenvalue weighted by atomic mass is 15.3. The van der Waals surface area contributed by atoms with E-state index < -0.39 is 0 Å². The van der Waals surface area contributed by atoms with Crippen molar-refractivity contribution in [2.45, 2.75) is 59.0 Å². The molecule has 0 spiro atoms. The molecule has 3 nitrogen and oxygen atoms in total. The molecule has 3 heteroatoms. The summed E-state index contributed by atoms with van der Waals surface area (Å²) in [6, 6.07) is 0.667. The highest BCUT2D eigenvalue weighted by Crippen LogP contribution is 2.08. The van der Waals surface area contributed by atoms with Crippen LogP contribution in [0, 0.1) is 0 Å². The lowest BCUT2D eigenvalue weighted by atomic mass is 10.0. The monoisotopic (exact) mass is 223 g/mol. The van der Waals surface area contributed by atoms with Gasteiger partial charge in [0.25, 0.3) is 0 Å². The van der Waals surface area contributed by atoms with Gasteiger partial charge in [0.1, 0.15) is 0 Å². The summed E-state index contributed by atoms with van der Waals surface area (Å²) in [5.41, 5.74) is 1.36. The molecular weight excluding hydrogens is 198 g/mol. The molecule has 0 radical (unpaired) electrons. The summed E-state index contributed by atoms with van der Waals surface area (Å²) < 4.78 is 2.00. The van der Waals surface area contributed by atoms with Crippen molar-refractivity contribution in [1.82, 2.24) is 15.1 Å². The Labute approximate surface area is 99.2 Å². The van der Waals surface area contributed by atoms with E-state index in [9.17, 15) is 0 Å². The largest absolute Gasteiger partial charge is 0.314 e. The van der Waals surface area contributed by atoms with E-state index in [4.69, 9.17) is 0 Å². The van der Waals surface area contributed by atoms with Crippen LogP contribution in [0.2, 0.25) is 0 Å². The van der Waals surface area contributed by atoms with Crippen LogP contribution in [-0.4, -0.2) is 22.4 Å². The second-order valence-electron chi connectivity index (χ2n) is 4.29. The van der Waals surface area contributed by atoms with Crippen molar-refractivity contribution < 1.29 is 0 Å². The first kappa shape index (κ1) is 13.2. The SMILES string of the molecule is CCCC(CCc1cnn(CC)c1)NCC. The maximum atomic E-state index is 4.30. The van der Waals surface area contributed by atoms with Gasteiger partial charge in [-0.15, -0.1) is 0 Å². The van der Waals surface area contributed by atoms with E-state index in [2.05, 4.69) is 37.4 Å². The number of aryl methyl sites for hydroxylation is 2. The van der Waals surface area contributed by atoms with Gasteiger partial charge in [-0.25, -0.2) is 0 Å². The fourth-order valence-electron chi connectivity index (χ4n) is 2.03. The van der Waals surface area contributed by atoms with Gasteiger partial charge in [-0.3, -0.25) is 4.68 Å². The number of rotatable bonds is 8. The van der Waals surface area contributed by atoms with Crippen molar-refractivity contribution >= 4 is 0 Å².